The molecule has 0 saturated carbocycles. The van der Waals surface area contributed by atoms with Gasteiger partial charge in [-0.25, -0.2) is 23.1 Å². The van der Waals surface area contributed by atoms with E-state index in [1.165, 1.54) is 11.8 Å². The van der Waals surface area contributed by atoms with Gasteiger partial charge in [-0.3, -0.25) is 14.6 Å². The molecule has 0 aliphatic carbocycles. The van der Waals surface area contributed by atoms with Crippen LogP contribution >= 0.6 is 23.2 Å². The normalized spacial score (nSPS) is 19.7. The number of nitrogen functional groups attached to an aromatic ring is 1. The van der Waals surface area contributed by atoms with E-state index in [9.17, 15) is 18.3 Å². The van der Waals surface area contributed by atoms with Crippen molar-refractivity contribution in [3.8, 4) is 0 Å². The van der Waals surface area contributed by atoms with E-state index in [0.717, 1.165) is 57.5 Å². The molecule has 2 aromatic rings. The number of nitrogens with zero attached hydrogens (tertiary/aromatic N) is 5. The number of nitrogens with one attached hydrogen (secondary N) is 2. The number of amides is 1. The van der Waals surface area contributed by atoms with E-state index < -0.39 is 22.0 Å². The summed E-state index contributed by atoms with van der Waals surface area (Å²) in [6.07, 6.45) is 4.13. The Kier molecular flexibility index (Phi) is 12.1. The van der Waals surface area contributed by atoms with Gasteiger partial charge in [0.25, 0.3) is 5.91 Å². The van der Waals surface area contributed by atoms with Gasteiger partial charge in [0, 0.05) is 56.4 Å². The van der Waals surface area contributed by atoms with E-state index >= 15 is 0 Å². The maximum Gasteiger partial charge on any atom is 0.273 e. The van der Waals surface area contributed by atoms with Crippen molar-refractivity contribution < 1.29 is 18.3 Å². The molecular weight excluding hydrogens is 627 g/mol. The van der Waals surface area contributed by atoms with Gasteiger partial charge in [0.15, 0.2) is 22.5 Å². The number of carbonyl (C=O) groups excluding carboxylic acids is 1. The molecule has 44 heavy (non-hydrogen) atoms. The lowest BCUT2D eigenvalue weighted by Gasteiger charge is -2.47. The summed E-state index contributed by atoms with van der Waals surface area (Å²) in [5.41, 5.74) is 8.30. The van der Waals surface area contributed by atoms with E-state index in [0.29, 0.717) is 42.4 Å². The molecule has 2 fully saturated rings. The minimum Gasteiger partial charge on any atom is -0.392 e. The number of benzene rings is 1. The number of aliphatic hydroxyl groups excluding tert-OH is 1. The number of aromatic nitrogens is 2. The highest BCUT2D eigenvalue weighted by atomic mass is 35.5. The van der Waals surface area contributed by atoms with E-state index in [-0.39, 0.29) is 23.2 Å². The number of hydrogen-bond acceptors (Lipinski definition) is 10. The molecule has 1 aromatic heterocycles. The highest BCUT2D eigenvalue weighted by Crippen LogP contribution is 2.30. The first-order valence-corrected chi connectivity index (χ1v) is 17.7. The van der Waals surface area contributed by atoms with Gasteiger partial charge in [-0.1, -0.05) is 36.2 Å². The van der Waals surface area contributed by atoms with Gasteiger partial charge in [-0.2, -0.15) is 0 Å². The first kappa shape index (κ1) is 34.6. The number of rotatable bonds is 12. The van der Waals surface area contributed by atoms with Gasteiger partial charge >= 0.3 is 0 Å². The summed E-state index contributed by atoms with van der Waals surface area (Å²) in [6.45, 7) is 9.21. The van der Waals surface area contributed by atoms with Crippen LogP contribution in [0.1, 0.15) is 54.7 Å². The monoisotopic (exact) mass is 670 g/mol. The molecule has 1 aromatic carbocycles. The summed E-state index contributed by atoms with van der Waals surface area (Å²) in [4.78, 5) is 28.3. The maximum absolute atomic E-state index is 12.4. The fourth-order valence-corrected chi connectivity index (χ4v) is 6.93. The van der Waals surface area contributed by atoms with Crippen LogP contribution in [0.4, 0.5) is 11.6 Å². The van der Waals surface area contributed by atoms with Crippen LogP contribution in [0.25, 0.3) is 0 Å². The van der Waals surface area contributed by atoms with Gasteiger partial charge in [-0.15, -0.1) is 0 Å². The second-order valence-corrected chi connectivity index (χ2v) is 14.3. The number of likely N-dealkylation sites (tertiary alicyclic amines) is 1. The Morgan fingerprint density at radius 1 is 1.16 bits per heavy atom. The third kappa shape index (κ3) is 9.38. The molecule has 12 nitrogen and oxygen atoms in total. The highest BCUT2D eigenvalue weighted by molar-refractivity contribution is 7.88. The number of piperazine rings is 1. The van der Waals surface area contributed by atoms with Gasteiger partial charge in [0.05, 0.1) is 12.4 Å². The average Bonchev–Trinajstić information content (AvgIpc) is 2.97. The van der Waals surface area contributed by atoms with E-state index in [2.05, 4.69) is 41.6 Å². The minimum atomic E-state index is -3.24. The number of piperidine rings is 1. The molecule has 15 heteroatoms. The molecule has 3 heterocycles. The zero-order valence-corrected chi connectivity index (χ0v) is 27.9. The Labute approximate surface area is 270 Å². The summed E-state index contributed by atoms with van der Waals surface area (Å²) in [6, 6.07) is 6.65. The summed E-state index contributed by atoms with van der Waals surface area (Å²) >= 11 is 12.8. The van der Waals surface area contributed by atoms with Crippen LogP contribution in [0.5, 0.6) is 0 Å². The summed E-state index contributed by atoms with van der Waals surface area (Å²) in [5, 5.41) is 12.8. The van der Waals surface area contributed by atoms with Crippen molar-refractivity contribution in [2.24, 2.45) is 0 Å². The zero-order chi connectivity index (χ0) is 32.0. The van der Waals surface area contributed by atoms with Crippen LogP contribution in [-0.2, 0) is 23.0 Å². The molecule has 0 bridgehead atoms. The van der Waals surface area contributed by atoms with Crippen LogP contribution in [0, 0.1) is 0 Å². The van der Waals surface area contributed by atoms with Gasteiger partial charge in [0.1, 0.15) is 0 Å². The summed E-state index contributed by atoms with van der Waals surface area (Å²) in [7, 11) is -3.24. The standard InChI is InChI=1S/C29H44Cl2N8O4S/c1-4-23-18-38(28-26(31)35-25(27(32)36-28)29(41)33-16-19(2)40)13-14-39(23)24-8-11-37(12-9-24)17-21-5-6-22(30)15-20(21)7-10-34-44(3,42)43/h5-6,15,19,23-24,34,40H,4,7-14,16-18H2,1-3H3,(H2,32,36)(H,33,41)/t19-,23+/m1/s1. The highest BCUT2D eigenvalue weighted by Gasteiger charge is 2.34. The first-order chi connectivity index (χ1) is 20.8. The molecule has 2 aliphatic heterocycles. The molecule has 2 aliphatic rings. The SMILES string of the molecule is CC[C@H]1CN(c2nc(N)c(C(=O)NC[C@@H](C)O)nc2Cl)CCN1C1CCN(Cc2ccc(Cl)cc2CCNS(C)(=O)=O)CC1. The Hall–Kier alpha value is -2.26. The zero-order valence-electron chi connectivity index (χ0n) is 25.6. The molecule has 5 N–H and O–H groups in total. The number of carbonyl (C=O) groups is 1. The van der Waals surface area contributed by atoms with Crippen molar-refractivity contribution in [1.29, 1.82) is 0 Å². The van der Waals surface area contributed by atoms with E-state index in [4.69, 9.17) is 28.9 Å². The van der Waals surface area contributed by atoms with Crippen LogP contribution in [0.3, 0.4) is 0 Å². The molecular formula is C29H44Cl2N8O4S. The van der Waals surface area contributed by atoms with E-state index in [1.54, 1.807) is 6.92 Å². The van der Waals surface area contributed by atoms with Crippen molar-refractivity contribution in [2.75, 3.05) is 62.7 Å². The summed E-state index contributed by atoms with van der Waals surface area (Å²) < 4.78 is 25.6. The lowest BCUT2D eigenvalue weighted by atomic mass is 9.97. The third-order valence-corrected chi connectivity index (χ3v) is 9.50. The van der Waals surface area contributed by atoms with Crippen molar-refractivity contribution >= 4 is 50.8 Å². The number of nitrogens with two attached hydrogens (primary N) is 1. The predicted octanol–water partition coefficient (Wildman–Crippen LogP) is 2.13. The Bertz CT molecular complexity index is 1410. The fraction of sp³-hybridized carbons (Fsp3) is 0.621. The number of anilines is 2. The van der Waals surface area contributed by atoms with Gasteiger partial charge in [0.2, 0.25) is 10.0 Å². The largest absolute Gasteiger partial charge is 0.392 e. The number of halogens is 2. The average molecular weight is 672 g/mol. The van der Waals surface area contributed by atoms with Crippen LogP contribution in [0.15, 0.2) is 18.2 Å². The number of sulfonamides is 1. The number of aliphatic hydroxyl groups is 1. The number of hydrogen-bond donors (Lipinski definition) is 4. The Balaban J connectivity index is 1.34. The van der Waals surface area contributed by atoms with Gasteiger partial charge in [-0.05, 0) is 69.0 Å². The fourth-order valence-electron chi connectivity index (χ4n) is 6.02. The summed E-state index contributed by atoms with van der Waals surface area (Å²) in [5.74, 6) is -0.0382. The molecule has 244 valence electrons. The second-order valence-electron chi connectivity index (χ2n) is 11.7. The predicted molar refractivity (Wildman–Crippen MR) is 175 cm³/mol. The lowest BCUT2D eigenvalue weighted by molar-refractivity contribution is 0.0610. The molecule has 0 unspecified atom stereocenters. The maximum atomic E-state index is 12.4. The van der Waals surface area contributed by atoms with Crippen molar-refractivity contribution in [3.05, 3.63) is 45.2 Å². The van der Waals surface area contributed by atoms with Crippen molar-refractivity contribution in [2.45, 2.75) is 64.3 Å². The van der Waals surface area contributed by atoms with Crippen molar-refractivity contribution in [3.63, 3.8) is 0 Å². The van der Waals surface area contributed by atoms with E-state index in [1.807, 2.05) is 18.2 Å². The quantitative estimate of drug-likeness (QED) is 0.264. The topological polar surface area (TPSA) is 157 Å². The third-order valence-electron chi connectivity index (χ3n) is 8.28. The molecule has 1 amide bonds. The van der Waals surface area contributed by atoms with Crippen molar-refractivity contribution in [1.82, 2.24) is 29.8 Å². The van der Waals surface area contributed by atoms with Crippen LogP contribution in [0.2, 0.25) is 10.2 Å². The lowest BCUT2D eigenvalue weighted by Crippen LogP contribution is -2.58. The Morgan fingerprint density at radius 2 is 1.89 bits per heavy atom. The van der Waals surface area contributed by atoms with Gasteiger partial charge < -0.3 is 21.1 Å². The smallest absolute Gasteiger partial charge is 0.273 e. The molecule has 0 radical (unpaired) electrons. The first-order valence-electron chi connectivity index (χ1n) is 15.1. The molecule has 0 spiro atoms. The van der Waals surface area contributed by atoms with Crippen LogP contribution < -0.4 is 20.7 Å². The molecule has 4 rings (SSSR count). The van der Waals surface area contributed by atoms with Crippen LogP contribution in [-0.4, -0.2) is 109 Å². The minimum absolute atomic E-state index is 0.00541. The molecule has 2 atom stereocenters. The second kappa shape index (κ2) is 15.4. The molecule has 2 saturated heterocycles. The Morgan fingerprint density at radius 3 is 2.55 bits per heavy atom.